The maximum atomic E-state index is 6.10. The van der Waals surface area contributed by atoms with Crippen molar-refractivity contribution in [1.82, 2.24) is 15.5 Å². The molecule has 0 aromatic carbocycles. The van der Waals surface area contributed by atoms with Crippen molar-refractivity contribution in [3.8, 4) is 0 Å². The molecule has 2 saturated carbocycles. The summed E-state index contributed by atoms with van der Waals surface area (Å²) in [6.07, 6.45) is 9.66. The van der Waals surface area contributed by atoms with Gasteiger partial charge in [0.1, 0.15) is 5.60 Å². The van der Waals surface area contributed by atoms with Crippen molar-refractivity contribution in [3.63, 3.8) is 0 Å². The number of aromatic nitrogens is 2. The molecule has 0 radical (unpaired) electrons. The second-order valence-electron chi connectivity index (χ2n) is 6.43. The predicted octanol–water partition coefficient (Wildman–Crippen LogP) is 3.16. The molecule has 0 spiro atoms. The SMILES string of the molecule is CCOC1(c2noc(CNCC3CC3)n2)CCCCCC1. The molecule has 2 fully saturated rings. The molecule has 1 aromatic heterocycles. The van der Waals surface area contributed by atoms with Crippen LogP contribution in [0.25, 0.3) is 0 Å². The predicted molar refractivity (Wildman–Crippen MR) is 79.7 cm³/mol. The van der Waals surface area contributed by atoms with Crippen molar-refractivity contribution in [2.75, 3.05) is 13.2 Å². The summed E-state index contributed by atoms with van der Waals surface area (Å²) in [5.74, 6) is 2.31. The first-order valence-electron chi connectivity index (χ1n) is 8.50. The Hall–Kier alpha value is -0.940. The lowest BCUT2D eigenvalue weighted by Gasteiger charge is -2.29. The number of rotatable bonds is 7. The molecule has 0 unspecified atom stereocenters. The Morgan fingerprint density at radius 3 is 2.67 bits per heavy atom. The zero-order chi connectivity index (χ0) is 14.5. The summed E-state index contributed by atoms with van der Waals surface area (Å²) >= 11 is 0. The molecule has 1 aromatic rings. The highest BCUT2D eigenvalue weighted by molar-refractivity contribution is 5.03. The third-order valence-corrected chi connectivity index (χ3v) is 4.61. The standard InChI is InChI=1S/C16H27N3O2/c1-2-20-16(9-5-3-4-6-10-16)15-18-14(21-19-15)12-17-11-13-7-8-13/h13,17H,2-12H2,1H3. The first-order chi connectivity index (χ1) is 10.3. The van der Waals surface area contributed by atoms with E-state index in [1.54, 1.807) is 0 Å². The molecule has 1 heterocycles. The van der Waals surface area contributed by atoms with Crippen LogP contribution in [0.4, 0.5) is 0 Å². The maximum absolute atomic E-state index is 6.10. The highest BCUT2D eigenvalue weighted by atomic mass is 16.5. The van der Waals surface area contributed by atoms with Crippen LogP contribution in [0, 0.1) is 5.92 Å². The normalized spacial score (nSPS) is 22.1. The van der Waals surface area contributed by atoms with Gasteiger partial charge in [0, 0.05) is 6.61 Å². The van der Waals surface area contributed by atoms with E-state index in [0.29, 0.717) is 19.0 Å². The quantitative estimate of drug-likeness (QED) is 0.783. The summed E-state index contributed by atoms with van der Waals surface area (Å²) in [6, 6.07) is 0. The van der Waals surface area contributed by atoms with E-state index in [0.717, 1.165) is 31.1 Å². The third-order valence-electron chi connectivity index (χ3n) is 4.61. The first kappa shape index (κ1) is 15.0. The smallest absolute Gasteiger partial charge is 0.240 e. The van der Waals surface area contributed by atoms with Crippen LogP contribution in [0.2, 0.25) is 0 Å². The monoisotopic (exact) mass is 293 g/mol. The van der Waals surface area contributed by atoms with E-state index in [9.17, 15) is 0 Å². The zero-order valence-corrected chi connectivity index (χ0v) is 13.1. The minimum absolute atomic E-state index is 0.316. The van der Waals surface area contributed by atoms with Gasteiger partial charge in [0.2, 0.25) is 11.7 Å². The third kappa shape index (κ3) is 3.83. The van der Waals surface area contributed by atoms with Crippen LogP contribution >= 0.6 is 0 Å². The lowest BCUT2D eigenvalue weighted by molar-refractivity contribution is -0.0636. The van der Waals surface area contributed by atoms with E-state index < -0.39 is 0 Å². The maximum Gasteiger partial charge on any atom is 0.240 e. The van der Waals surface area contributed by atoms with E-state index in [1.807, 2.05) is 6.92 Å². The molecule has 0 amide bonds. The van der Waals surface area contributed by atoms with Gasteiger partial charge >= 0.3 is 0 Å². The fourth-order valence-corrected chi connectivity index (χ4v) is 3.23. The second kappa shape index (κ2) is 6.88. The van der Waals surface area contributed by atoms with Gasteiger partial charge in [-0.05, 0) is 45.1 Å². The van der Waals surface area contributed by atoms with Crippen LogP contribution in [0.3, 0.4) is 0 Å². The Balaban J connectivity index is 1.65. The molecule has 21 heavy (non-hydrogen) atoms. The summed E-state index contributed by atoms with van der Waals surface area (Å²) in [4.78, 5) is 4.62. The van der Waals surface area contributed by atoms with Gasteiger partial charge in [-0.2, -0.15) is 4.98 Å². The van der Waals surface area contributed by atoms with E-state index in [4.69, 9.17) is 9.26 Å². The minimum atomic E-state index is -0.316. The summed E-state index contributed by atoms with van der Waals surface area (Å²) in [5, 5.41) is 7.63. The Morgan fingerprint density at radius 1 is 1.24 bits per heavy atom. The van der Waals surface area contributed by atoms with Gasteiger partial charge in [-0.25, -0.2) is 0 Å². The van der Waals surface area contributed by atoms with Crippen molar-refractivity contribution in [2.45, 2.75) is 70.4 Å². The molecule has 118 valence electrons. The summed E-state index contributed by atoms with van der Waals surface area (Å²) in [6.45, 7) is 4.48. The van der Waals surface area contributed by atoms with Crippen LogP contribution in [-0.4, -0.2) is 23.3 Å². The van der Waals surface area contributed by atoms with E-state index >= 15 is 0 Å². The molecule has 5 nitrogen and oxygen atoms in total. The lowest BCUT2D eigenvalue weighted by Crippen LogP contribution is -2.31. The second-order valence-corrected chi connectivity index (χ2v) is 6.43. The molecule has 5 heteroatoms. The molecule has 0 saturated heterocycles. The first-order valence-corrected chi connectivity index (χ1v) is 8.50. The van der Waals surface area contributed by atoms with Crippen molar-refractivity contribution < 1.29 is 9.26 Å². The van der Waals surface area contributed by atoms with E-state index in [-0.39, 0.29) is 5.60 Å². The molecule has 0 aliphatic heterocycles. The van der Waals surface area contributed by atoms with Gasteiger partial charge in [-0.3, -0.25) is 0 Å². The Morgan fingerprint density at radius 2 is 2.00 bits per heavy atom. The van der Waals surface area contributed by atoms with E-state index in [2.05, 4.69) is 15.5 Å². The highest BCUT2D eigenvalue weighted by Crippen LogP contribution is 2.38. The van der Waals surface area contributed by atoms with Crippen LogP contribution < -0.4 is 5.32 Å². The summed E-state index contributed by atoms with van der Waals surface area (Å²) in [5.41, 5.74) is -0.316. The fourth-order valence-electron chi connectivity index (χ4n) is 3.23. The van der Waals surface area contributed by atoms with Gasteiger partial charge in [0.25, 0.3) is 0 Å². The largest absolute Gasteiger partial charge is 0.367 e. The molecule has 2 aliphatic carbocycles. The van der Waals surface area contributed by atoms with Crippen molar-refractivity contribution in [3.05, 3.63) is 11.7 Å². The van der Waals surface area contributed by atoms with Crippen molar-refractivity contribution in [1.29, 1.82) is 0 Å². The van der Waals surface area contributed by atoms with E-state index in [1.165, 1.54) is 38.5 Å². The number of nitrogens with zero attached hydrogens (tertiary/aromatic N) is 2. The molecule has 0 bridgehead atoms. The highest BCUT2D eigenvalue weighted by Gasteiger charge is 2.38. The lowest BCUT2D eigenvalue weighted by atomic mass is 9.93. The molecule has 0 atom stereocenters. The van der Waals surface area contributed by atoms with Gasteiger partial charge in [0.05, 0.1) is 6.54 Å². The van der Waals surface area contributed by atoms with Crippen molar-refractivity contribution in [2.24, 2.45) is 5.92 Å². The molecular formula is C16H27N3O2. The number of hydrogen-bond acceptors (Lipinski definition) is 5. The topological polar surface area (TPSA) is 60.2 Å². The zero-order valence-electron chi connectivity index (χ0n) is 13.1. The Labute approximate surface area is 126 Å². The van der Waals surface area contributed by atoms with Crippen LogP contribution in [0.15, 0.2) is 4.52 Å². The number of ether oxygens (including phenoxy) is 1. The number of nitrogens with one attached hydrogen (secondary N) is 1. The summed E-state index contributed by atoms with van der Waals surface area (Å²) < 4.78 is 11.5. The average Bonchev–Trinajstić information content (AvgIpc) is 3.23. The van der Waals surface area contributed by atoms with Gasteiger partial charge < -0.3 is 14.6 Å². The Kier molecular flexibility index (Phi) is 4.91. The fraction of sp³-hybridized carbons (Fsp3) is 0.875. The van der Waals surface area contributed by atoms with Crippen LogP contribution in [0.5, 0.6) is 0 Å². The average molecular weight is 293 g/mol. The minimum Gasteiger partial charge on any atom is -0.367 e. The van der Waals surface area contributed by atoms with Gasteiger partial charge in [-0.1, -0.05) is 30.8 Å². The molecule has 3 rings (SSSR count). The van der Waals surface area contributed by atoms with Crippen LogP contribution in [-0.2, 0) is 16.9 Å². The number of hydrogen-bond donors (Lipinski definition) is 1. The van der Waals surface area contributed by atoms with Crippen molar-refractivity contribution >= 4 is 0 Å². The molecule has 2 aliphatic rings. The summed E-state index contributed by atoms with van der Waals surface area (Å²) in [7, 11) is 0. The van der Waals surface area contributed by atoms with Gasteiger partial charge in [-0.15, -0.1) is 0 Å². The van der Waals surface area contributed by atoms with Crippen LogP contribution in [0.1, 0.15) is 70.0 Å². The molecule has 1 N–H and O–H groups in total. The Bertz CT molecular complexity index is 434. The van der Waals surface area contributed by atoms with Gasteiger partial charge in [0.15, 0.2) is 0 Å². The molecular weight excluding hydrogens is 266 g/mol.